The van der Waals surface area contributed by atoms with Gasteiger partial charge >= 0.3 is 0 Å². The van der Waals surface area contributed by atoms with E-state index in [9.17, 15) is 67.7 Å². The molecule has 40 N–H and O–H groups in total. The maximum Gasteiger partial charge on any atom is 0.246 e. The number of likely N-dealkylation sites (tertiary alicyclic amines) is 2. The minimum atomic E-state index is -2.10. The molecule has 3 fully saturated rings. The standard InChI is InChI=1S/C92H130N30O24S4/c93-53-43-147-149-46-66(90(146)122-34-10-18-68(122)88(144)112-56(16-8-32-106-92(103)104)78(134)108-42-74(100)130)120-86(142)64(40-72(98)128)118-80(136)58(28-30-70(96)126)110-82(138)62(36-48-13-5-2-6-14-48)116-84(140)60(38-50-21-25-52(124)26-22-50)114-76(132)54(94)44-148-150-45-65(89(145)121-33-9-17-67(121)87(143)111-55(15-7-31-105-91(101)102)77(133)107-41-73(99)129)119-85(141)63(39-71(97)127)117-79(135)57(27-29-69(95)125)109-81(137)61(35-47-11-3-1-4-12-47)115-83(139)59(113-75(53)131)37-49-19-23-51(123)24-20-49/h1-6,11-14,19-26,53-68,123-124H,7-10,15-18,27-46,93-94H2,(H2,95,125)(H2,96,126)(H2,97,127)(H2,98,128)(H2,99,129)(H2,100,130)(H,107,133)(H,108,134)(H,109,137)(H,110,138)(H,111,143)(H,112,144)(H,113,131)(H,114,132)(H,115,139)(H,116,140)(H,117,135)(H,118,136)(H,119,141)(H,120,142)(H4,101,102,105)(H4,103,104,106)/t53-,54-,55-,56-,57-,58-,59-,60-,61-,62-,63-,64-,65-,66-,67-,68-/m0/s1. The highest BCUT2D eigenvalue weighted by molar-refractivity contribution is 8.77. The van der Waals surface area contributed by atoms with Crippen LogP contribution in [-0.2, 0) is 131 Å². The summed E-state index contributed by atoms with van der Waals surface area (Å²) < 4.78 is 0. The van der Waals surface area contributed by atoms with Crippen molar-refractivity contribution in [3.8, 4) is 11.5 Å². The lowest BCUT2D eigenvalue weighted by Crippen LogP contribution is -2.61. The first-order chi connectivity index (χ1) is 71.2. The molecule has 0 aliphatic carbocycles. The lowest BCUT2D eigenvalue weighted by molar-refractivity contribution is -0.142. The minimum absolute atomic E-state index is 0.0354. The van der Waals surface area contributed by atoms with Crippen molar-refractivity contribution in [3.63, 3.8) is 0 Å². The number of nitrogens with zero attached hydrogens (tertiary/aromatic N) is 2. The number of phenolic OH excluding ortho intramolecular Hbond substituents is 2. The number of carbonyl (C=O) groups excluding carboxylic acids is 22. The largest absolute Gasteiger partial charge is 0.508 e. The van der Waals surface area contributed by atoms with E-state index in [1.54, 1.807) is 60.7 Å². The summed E-state index contributed by atoms with van der Waals surface area (Å²) in [5, 5.41) is 75.9. The number of amides is 22. The van der Waals surface area contributed by atoms with Gasteiger partial charge in [-0.05, 0) is 111 Å². The minimum Gasteiger partial charge on any atom is -0.508 e. The second-order valence-corrected chi connectivity index (χ2v) is 40.4. The van der Waals surface area contributed by atoms with Crippen LogP contribution in [0.1, 0.15) is 112 Å². The van der Waals surface area contributed by atoms with E-state index in [0.717, 1.165) is 53.0 Å². The first-order valence-corrected chi connectivity index (χ1v) is 52.5. The summed E-state index contributed by atoms with van der Waals surface area (Å²) in [7, 11) is 3.16. The molecule has 22 amide bonds. The number of nitrogens with one attached hydrogen (secondary N) is 18. The van der Waals surface area contributed by atoms with Crippen LogP contribution in [0.15, 0.2) is 109 Å². The van der Waals surface area contributed by atoms with E-state index >= 15 is 47.9 Å². The third kappa shape index (κ3) is 42.5. The van der Waals surface area contributed by atoms with Crippen LogP contribution in [0.2, 0.25) is 0 Å². The summed E-state index contributed by atoms with van der Waals surface area (Å²) in [6, 6.07) is -1.05. The zero-order valence-electron chi connectivity index (χ0n) is 81.6. The highest BCUT2D eigenvalue weighted by Crippen LogP contribution is 2.29. The topological polar surface area (TPSA) is 923 Å². The molecule has 16 atom stereocenters. The van der Waals surface area contributed by atoms with Crippen LogP contribution in [0.3, 0.4) is 0 Å². The van der Waals surface area contributed by atoms with Crippen LogP contribution in [0, 0.1) is 10.8 Å². The number of benzene rings is 4. The summed E-state index contributed by atoms with van der Waals surface area (Å²) in [6.45, 7) is -1.62. The van der Waals surface area contributed by atoms with Crippen LogP contribution in [0.4, 0.5) is 0 Å². The lowest BCUT2D eigenvalue weighted by Gasteiger charge is -2.31. The molecule has 0 bridgehead atoms. The van der Waals surface area contributed by atoms with Crippen molar-refractivity contribution in [2.75, 3.05) is 62.3 Å². The molecule has 0 saturated carbocycles. The van der Waals surface area contributed by atoms with Gasteiger partial charge in [0.15, 0.2) is 11.9 Å². The van der Waals surface area contributed by atoms with Crippen LogP contribution >= 0.6 is 43.2 Å². The van der Waals surface area contributed by atoms with Crippen LogP contribution in [0.5, 0.6) is 11.5 Å². The number of hydrogen-bond donors (Lipinski definition) is 30. The molecule has 3 aliphatic heterocycles. The smallest absolute Gasteiger partial charge is 0.246 e. The number of phenols is 2. The number of guanidine groups is 2. The first-order valence-electron chi connectivity index (χ1n) is 47.5. The predicted octanol–water partition coefficient (Wildman–Crippen LogP) is -10.4. The van der Waals surface area contributed by atoms with E-state index in [1.807, 2.05) is 0 Å². The van der Waals surface area contributed by atoms with Crippen molar-refractivity contribution in [1.82, 2.24) is 94.9 Å². The zero-order valence-corrected chi connectivity index (χ0v) is 84.9. The normalized spacial score (nSPS) is 22.6. The van der Waals surface area contributed by atoms with Crippen LogP contribution in [-0.4, -0.2) is 321 Å². The fourth-order valence-electron chi connectivity index (χ4n) is 15.6. The van der Waals surface area contributed by atoms with E-state index in [2.05, 4.69) is 85.1 Å². The van der Waals surface area contributed by atoms with Crippen LogP contribution < -0.4 is 142 Å². The average Bonchev–Trinajstić information content (AvgIpc) is 1.65. The Kier molecular flexibility index (Phi) is 50.3. The van der Waals surface area contributed by atoms with Gasteiger partial charge < -0.3 is 162 Å². The third-order valence-electron chi connectivity index (χ3n) is 23.4. The third-order valence-corrected chi connectivity index (χ3v) is 28.3. The second-order valence-electron chi connectivity index (χ2n) is 35.3. The Morgan fingerprint density at radius 3 is 0.947 bits per heavy atom. The summed E-state index contributed by atoms with van der Waals surface area (Å²) in [5.41, 5.74) is 58.9. The van der Waals surface area contributed by atoms with E-state index in [0.29, 0.717) is 22.3 Å². The second kappa shape index (κ2) is 62.1. The molecule has 3 heterocycles. The fraction of sp³-hybridized carbons (Fsp3) is 0.478. The van der Waals surface area contributed by atoms with Gasteiger partial charge in [0.1, 0.15) is 96.1 Å². The Balaban J connectivity index is 1.33. The SMILES string of the molecule is N=C(N)NCCC[C@H](NC(=O)[C@@H]1CCCN1C(=O)[C@@H]1CSSC[C@H](N)C(=O)N[C@@H](Cc2ccc(O)cc2)C(=O)N[C@@H](Cc2ccccc2)C(=O)N[C@@H](CCC(N)=O)C(=O)N[C@@H](CC(N)=O)C(=O)N[C@H](C(=O)N2CCC[C@H]2C(=O)N[C@@H](CCCNC(=N)N)C(=O)NCC(N)=O)CSSC[C@H](N)C(=O)N[C@@H](Cc2ccc(O)cc2)C(=O)N[C@@H](Cc2ccccc2)C(=O)N[C@@H](CCC(N)=O)C(=O)N[C@@H](CC(N)=O)C(=O)N1)C(=O)NCC(N)=O. The van der Waals surface area contributed by atoms with E-state index in [-0.39, 0.29) is 89.0 Å². The van der Waals surface area contributed by atoms with Crippen molar-refractivity contribution in [2.45, 2.75) is 212 Å². The Morgan fingerprint density at radius 2 is 0.640 bits per heavy atom. The molecule has 3 aliphatic rings. The number of aromatic hydroxyl groups is 2. The molecule has 7 rings (SSSR count). The summed E-state index contributed by atoms with van der Waals surface area (Å²) in [5.74, 6) is -27.1. The number of rotatable bonds is 38. The Morgan fingerprint density at radius 1 is 0.353 bits per heavy atom. The number of primary amides is 6. The molecule has 4 aromatic carbocycles. The Labute approximate surface area is 876 Å². The van der Waals surface area contributed by atoms with Gasteiger partial charge in [0.2, 0.25) is 130 Å². The quantitative estimate of drug-likeness (QED) is 0.00857. The van der Waals surface area contributed by atoms with Gasteiger partial charge in [0.05, 0.1) is 38.0 Å². The van der Waals surface area contributed by atoms with Gasteiger partial charge in [-0.2, -0.15) is 0 Å². The summed E-state index contributed by atoms with van der Waals surface area (Å²) in [6.07, 6.45) is -6.33. The Bertz CT molecular complexity index is 5130. The molecule has 58 heteroatoms. The maximum absolute atomic E-state index is 15.4. The van der Waals surface area contributed by atoms with Crippen molar-refractivity contribution in [3.05, 3.63) is 131 Å². The van der Waals surface area contributed by atoms with Gasteiger partial charge in [-0.25, -0.2) is 0 Å². The zero-order chi connectivity index (χ0) is 110. The van der Waals surface area contributed by atoms with E-state index in [4.69, 9.17) is 68.2 Å². The summed E-state index contributed by atoms with van der Waals surface area (Å²) in [4.78, 5) is 315. The molecular weight excluding hydrogens is 2040 g/mol. The molecule has 816 valence electrons. The molecule has 54 nitrogen and oxygen atoms in total. The molecule has 0 spiro atoms. The van der Waals surface area contributed by atoms with E-state index in [1.165, 1.54) is 48.5 Å². The highest BCUT2D eigenvalue weighted by Gasteiger charge is 2.45. The maximum atomic E-state index is 15.4. The number of hydrogen-bond acceptors (Lipinski definition) is 32. The van der Waals surface area contributed by atoms with Gasteiger partial charge in [0.25, 0.3) is 0 Å². The number of nitrogens with two attached hydrogens (primary N) is 10. The molecule has 0 aromatic heterocycles. The Hall–Kier alpha value is -15.3. The molecular formula is C92H130N30O24S4. The van der Waals surface area contributed by atoms with Gasteiger partial charge in [-0.1, -0.05) is 128 Å². The molecule has 3 saturated heterocycles. The van der Waals surface area contributed by atoms with Gasteiger partial charge in [-0.3, -0.25) is 116 Å². The molecule has 150 heavy (non-hydrogen) atoms. The molecule has 4 aromatic rings. The van der Waals surface area contributed by atoms with Crippen molar-refractivity contribution in [2.24, 2.45) is 57.3 Å². The lowest BCUT2D eigenvalue weighted by atomic mass is 10.0. The molecule has 0 unspecified atom stereocenters. The first kappa shape index (κ1) is 122. The van der Waals surface area contributed by atoms with Crippen LogP contribution in [0.25, 0.3) is 0 Å². The van der Waals surface area contributed by atoms with Gasteiger partial charge in [-0.15, -0.1) is 0 Å². The van der Waals surface area contributed by atoms with Crippen molar-refractivity contribution in [1.29, 1.82) is 10.8 Å². The van der Waals surface area contributed by atoms with Gasteiger partial charge in [0, 0.05) is 87.7 Å². The highest BCUT2D eigenvalue weighted by atomic mass is 33.1. The molecule has 0 radical (unpaired) electrons. The number of carbonyl (C=O) groups is 22. The van der Waals surface area contributed by atoms with Crippen molar-refractivity contribution < 1.29 is 116 Å². The fourth-order valence-corrected chi connectivity index (χ4v) is 20.2. The van der Waals surface area contributed by atoms with Crippen molar-refractivity contribution >= 4 is 185 Å². The predicted molar refractivity (Wildman–Crippen MR) is 550 cm³/mol. The summed E-state index contributed by atoms with van der Waals surface area (Å²) >= 11 is 0. The average molecular weight is 2170 g/mol. The monoisotopic (exact) mass is 2170 g/mol. The van der Waals surface area contributed by atoms with E-state index < -0.39 is 339 Å².